The van der Waals surface area contributed by atoms with Crippen LogP contribution in [0.4, 0.5) is 5.69 Å². The maximum Gasteiger partial charge on any atom is 0.244 e. The van der Waals surface area contributed by atoms with Crippen molar-refractivity contribution in [3.8, 4) is 10.6 Å². The van der Waals surface area contributed by atoms with Crippen molar-refractivity contribution in [2.45, 2.75) is 13.5 Å². The highest BCUT2D eigenvalue weighted by Crippen LogP contribution is 2.22. The van der Waals surface area contributed by atoms with Crippen molar-refractivity contribution in [1.82, 2.24) is 14.7 Å². The maximum atomic E-state index is 12.6. The van der Waals surface area contributed by atoms with E-state index in [2.05, 4.69) is 41.2 Å². The molecule has 6 heteroatoms. The predicted octanol–water partition coefficient (Wildman–Crippen LogP) is 3.27. The summed E-state index contributed by atoms with van der Waals surface area (Å²) in [4.78, 5) is 18.0. The van der Waals surface area contributed by atoms with Crippen LogP contribution in [0.2, 0.25) is 0 Å². The van der Waals surface area contributed by atoms with Gasteiger partial charge in [0.2, 0.25) is 5.91 Å². The minimum Gasteiger partial charge on any atom is -0.368 e. The molecular formula is C20H22N4OS. The molecule has 0 bridgehead atoms. The van der Waals surface area contributed by atoms with E-state index in [1.54, 1.807) is 16.0 Å². The van der Waals surface area contributed by atoms with Gasteiger partial charge in [-0.25, -0.2) is 0 Å². The fourth-order valence-electron chi connectivity index (χ4n) is 3.21. The Morgan fingerprint density at radius 2 is 1.85 bits per heavy atom. The number of aryl methyl sites for hydroxylation is 1. The molecule has 2 aromatic heterocycles. The Labute approximate surface area is 157 Å². The van der Waals surface area contributed by atoms with Crippen molar-refractivity contribution in [1.29, 1.82) is 0 Å². The summed E-state index contributed by atoms with van der Waals surface area (Å²) in [6.07, 6.45) is 1.88. The zero-order valence-corrected chi connectivity index (χ0v) is 15.7. The number of piperazine rings is 1. The molecule has 0 aliphatic carbocycles. The van der Waals surface area contributed by atoms with E-state index in [-0.39, 0.29) is 5.91 Å². The first-order valence-corrected chi connectivity index (χ1v) is 9.74. The molecule has 0 spiro atoms. The molecule has 1 aromatic carbocycles. The van der Waals surface area contributed by atoms with Crippen LogP contribution in [-0.2, 0) is 11.3 Å². The number of carbonyl (C=O) groups excluding carboxylic acids is 1. The van der Waals surface area contributed by atoms with E-state index in [0.717, 1.165) is 36.8 Å². The van der Waals surface area contributed by atoms with Crippen molar-refractivity contribution in [3.05, 3.63) is 59.6 Å². The van der Waals surface area contributed by atoms with Gasteiger partial charge in [0, 0.05) is 38.1 Å². The molecule has 0 radical (unpaired) electrons. The lowest BCUT2D eigenvalue weighted by atomic mass is 10.2. The van der Waals surface area contributed by atoms with Crippen LogP contribution in [-0.4, -0.2) is 46.8 Å². The highest BCUT2D eigenvalue weighted by molar-refractivity contribution is 7.13. The topological polar surface area (TPSA) is 41.4 Å². The van der Waals surface area contributed by atoms with Gasteiger partial charge in [0.25, 0.3) is 0 Å². The molecule has 3 heterocycles. The van der Waals surface area contributed by atoms with Gasteiger partial charge in [0.05, 0.1) is 4.88 Å². The summed E-state index contributed by atoms with van der Waals surface area (Å²) in [6.45, 7) is 5.65. The van der Waals surface area contributed by atoms with E-state index in [0.29, 0.717) is 6.54 Å². The van der Waals surface area contributed by atoms with Crippen molar-refractivity contribution < 1.29 is 4.79 Å². The van der Waals surface area contributed by atoms with Crippen LogP contribution in [0.15, 0.2) is 54.0 Å². The molecular weight excluding hydrogens is 344 g/mol. The fraction of sp³-hybridized carbons (Fsp3) is 0.300. The number of hydrogen-bond donors (Lipinski definition) is 0. The molecule has 4 rings (SSSR count). The molecule has 0 N–H and O–H groups in total. The van der Waals surface area contributed by atoms with Crippen LogP contribution >= 0.6 is 11.3 Å². The van der Waals surface area contributed by atoms with Gasteiger partial charge in [0.15, 0.2) is 0 Å². The summed E-state index contributed by atoms with van der Waals surface area (Å²) in [5.41, 5.74) is 3.43. The lowest BCUT2D eigenvalue weighted by molar-refractivity contribution is -0.132. The molecule has 3 aromatic rings. The van der Waals surface area contributed by atoms with Gasteiger partial charge in [-0.3, -0.25) is 9.48 Å². The quantitative estimate of drug-likeness (QED) is 0.712. The second-order valence-corrected chi connectivity index (χ2v) is 7.53. The molecule has 0 saturated carbocycles. The van der Waals surface area contributed by atoms with Crippen molar-refractivity contribution >= 4 is 22.9 Å². The SMILES string of the molecule is Cc1ccc(N2CCN(C(=O)Cn3ccc(-c4cccs4)n3)CC2)cc1. The summed E-state index contributed by atoms with van der Waals surface area (Å²) in [5, 5.41) is 6.56. The Morgan fingerprint density at radius 3 is 2.54 bits per heavy atom. The Balaban J connectivity index is 1.33. The van der Waals surface area contributed by atoms with E-state index < -0.39 is 0 Å². The van der Waals surface area contributed by atoms with Crippen LogP contribution in [0.25, 0.3) is 10.6 Å². The monoisotopic (exact) mass is 366 g/mol. The molecule has 1 fully saturated rings. The standard InChI is InChI=1S/C20H22N4OS/c1-16-4-6-17(7-5-16)22-10-12-23(13-11-22)20(25)15-24-9-8-18(21-24)19-3-2-14-26-19/h2-9,14H,10-13,15H2,1H3. The Hall–Kier alpha value is -2.60. The third-order valence-corrected chi connectivity index (χ3v) is 5.64. The van der Waals surface area contributed by atoms with Gasteiger partial charge >= 0.3 is 0 Å². The summed E-state index contributed by atoms with van der Waals surface area (Å²) >= 11 is 1.66. The zero-order valence-electron chi connectivity index (χ0n) is 14.8. The van der Waals surface area contributed by atoms with Crippen LogP contribution in [0, 0.1) is 6.92 Å². The number of hydrogen-bond acceptors (Lipinski definition) is 4. The second-order valence-electron chi connectivity index (χ2n) is 6.58. The normalized spacial score (nSPS) is 14.7. The van der Waals surface area contributed by atoms with Crippen LogP contribution < -0.4 is 4.90 Å². The lowest BCUT2D eigenvalue weighted by Gasteiger charge is -2.36. The lowest BCUT2D eigenvalue weighted by Crippen LogP contribution is -2.49. The highest BCUT2D eigenvalue weighted by Gasteiger charge is 2.21. The molecule has 0 atom stereocenters. The number of benzene rings is 1. The summed E-state index contributed by atoms with van der Waals surface area (Å²) in [7, 11) is 0. The molecule has 26 heavy (non-hydrogen) atoms. The van der Waals surface area contributed by atoms with Crippen LogP contribution in [0.1, 0.15) is 5.56 Å². The smallest absolute Gasteiger partial charge is 0.244 e. The van der Waals surface area contributed by atoms with E-state index in [1.807, 2.05) is 34.7 Å². The summed E-state index contributed by atoms with van der Waals surface area (Å²) in [6, 6.07) is 14.6. The maximum absolute atomic E-state index is 12.6. The van der Waals surface area contributed by atoms with Crippen molar-refractivity contribution in [2.24, 2.45) is 0 Å². The second kappa shape index (κ2) is 7.33. The third-order valence-electron chi connectivity index (χ3n) is 4.74. The van der Waals surface area contributed by atoms with Gasteiger partial charge in [-0.15, -0.1) is 11.3 Å². The average molecular weight is 366 g/mol. The Morgan fingerprint density at radius 1 is 1.08 bits per heavy atom. The number of thiophene rings is 1. The first-order valence-electron chi connectivity index (χ1n) is 8.86. The number of carbonyl (C=O) groups is 1. The molecule has 1 aliphatic heterocycles. The molecule has 0 unspecified atom stereocenters. The number of aromatic nitrogens is 2. The first kappa shape index (κ1) is 16.8. The van der Waals surface area contributed by atoms with Crippen LogP contribution in [0.3, 0.4) is 0 Å². The van der Waals surface area contributed by atoms with Crippen molar-refractivity contribution in [2.75, 3.05) is 31.1 Å². The van der Waals surface area contributed by atoms with Crippen molar-refractivity contribution in [3.63, 3.8) is 0 Å². The predicted molar refractivity (Wildman–Crippen MR) is 106 cm³/mol. The largest absolute Gasteiger partial charge is 0.368 e. The van der Waals surface area contributed by atoms with E-state index in [4.69, 9.17) is 0 Å². The van der Waals surface area contributed by atoms with Gasteiger partial charge < -0.3 is 9.80 Å². The van der Waals surface area contributed by atoms with E-state index in [1.165, 1.54) is 11.3 Å². The minimum atomic E-state index is 0.134. The zero-order chi connectivity index (χ0) is 17.9. The number of nitrogens with zero attached hydrogens (tertiary/aromatic N) is 4. The van der Waals surface area contributed by atoms with Gasteiger partial charge in [-0.05, 0) is 36.6 Å². The minimum absolute atomic E-state index is 0.134. The molecule has 1 saturated heterocycles. The van der Waals surface area contributed by atoms with E-state index >= 15 is 0 Å². The fourth-order valence-corrected chi connectivity index (χ4v) is 3.90. The Bertz CT molecular complexity index is 862. The van der Waals surface area contributed by atoms with Gasteiger partial charge in [-0.2, -0.15) is 5.10 Å². The number of rotatable bonds is 4. The van der Waals surface area contributed by atoms with Gasteiger partial charge in [-0.1, -0.05) is 23.8 Å². The third kappa shape index (κ3) is 3.65. The highest BCUT2D eigenvalue weighted by atomic mass is 32.1. The van der Waals surface area contributed by atoms with Crippen LogP contribution in [0.5, 0.6) is 0 Å². The average Bonchev–Trinajstić information content (AvgIpc) is 3.34. The summed E-state index contributed by atoms with van der Waals surface area (Å²) in [5.74, 6) is 0.134. The molecule has 134 valence electrons. The number of anilines is 1. The van der Waals surface area contributed by atoms with E-state index in [9.17, 15) is 4.79 Å². The first-order chi connectivity index (χ1) is 12.7. The molecule has 5 nitrogen and oxygen atoms in total. The number of amides is 1. The molecule has 1 amide bonds. The molecule has 1 aliphatic rings. The summed E-state index contributed by atoms with van der Waals surface area (Å²) < 4.78 is 1.74. The Kier molecular flexibility index (Phi) is 4.75. The van der Waals surface area contributed by atoms with Gasteiger partial charge in [0.1, 0.15) is 12.2 Å².